The van der Waals surface area contributed by atoms with Crippen LogP contribution in [-0.2, 0) is 26.6 Å². The molecule has 0 N–H and O–H groups in total. The second-order valence-corrected chi connectivity index (χ2v) is 8.97. The quantitative estimate of drug-likeness (QED) is 0.544. The molecule has 0 amide bonds. The van der Waals surface area contributed by atoms with Crippen LogP contribution in [-0.4, -0.2) is 49.1 Å². The molecule has 0 spiro atoms. The fourth-order valence-electron chi connectivity index (χ4n) is 3.59. The maximum absolute atomic E-state index is 14.0. The lowest BCUT2D eigenvalue weighted by atomic mass is 10.2. The summed E-state index contributed by atoms with van der Waals surface area (Å²) in [5.74, 6) is -2.01. The van der Waals surface area contributed by atoms with Gasteiger partial charge in [0.2, 0.25) is 10.0 Å². The first-order valence-corrected chi connectivity index (χ1v) is 10.8. The summed E-state index contributed by atoms with van der Waals surface area (Å²) in [4.78, 5) is 23.9. The van der Waals surface area contributed by atoms with Crippen molar-refractivity contribution >= 4 is 27.1 Å². The minimum absolute atomic E-state index is 0.00726. The van der Waals surface area contributed by atoms with Crippen molar-refractivity contribution in [3.05, 3.63) is 58.8 Å². The van der Waals surface area contributed by atoms with Crippen molar-refractivity contribution < 1.29 is 31.5 Å². The molecule has 9 nitrogen and oxygen atoms in total. The predicted molar refractivity (Wildman–Crippen MR) is 107 cm³/mol. The Morgan fingerprint density at radius 2 is 1.97 bits per heavy atom. The van der Waals surface area contributed by atoms with Gasteiger partial charge in [-0.05, 0) is 30.3 Å². The lowest BCUT2D eigenvalue weighted by Gasteiger charge is -2.21. The van der Waals surface area contributed by atoms with Crippen molar-refractivity contribution in [3.63, 3.8) is 0 Å². The largest absolute Gasteiger partial charge is 0.486 e. The summed E-state index contributed by atoms with van der Waals surface area (Å²) in [5.41, 5.74) is 0.525. The number of halogens is 1. The van der Waals surface area contributed by atoms with Gasteiger partial charge in [0, 0.05) is 13.5 Å². The van der Waals surface area contributed by atoms with Crippen molar-refractivity contribution in [2.75, 3.05) is 13.7 Å². The summed E-state index contributed by atoms with van der Waals surface area (Å²) in [6.07, 6.45) is -0.773. The number of fused-ring (bicyclic) bond motifs is 1. The maximum atomic E-state index is 14.0. The molecule has 2 heterocycles. The molecule has 0 aliphatic carbocycles. The lowest BCUT2D eigenvalue weighted by Crippen LogP contribution is -2.41. The van der Waals surface area contributed by atoms with Gasteiger partial charge in [-0.2, -0.15) is 4.31 Å². The molecule has 0 bridgehead atoms. The third kappa shape index (κ3) is 3.70. The molecule has 4 rings (SSSR count). The van der Waals surface area contributed by atoms with E-state index in [4.69, 9.17) is 13.9 Å². The number of oxazole rings is 1. The second-order valence-electron chi connectivity index (χ2n) is 7.08. The predicted octanol–water partition coefficient (Wildman–Crippen LogP) is 1.65. The van der Waals surface area contributed by atoms with Gasteiger partial charge in [-0.15, -0.1) is 0 Å². The first-order chi connectivity index (χ1) is 14.7. The van der Waals surface area contributed by atoms with E-state index in [1.54, 1.807) is 6.07 Å². The van der Waals surface area contributed by atoms with E-state index in [1.165, 1.54) is 48.0 Å². The number of carbonyl (C=O) groups excluding carboxylic acids is 1. The van der Waals surface area contributed by atoms with Crippen LogP contribution >= 0.6 is 0 Å². The van der Waals surface area contributed by atoms with E-state index in [0.29, 0.717) is 5.52 Å². The lowest BCUT2D eigenvalue weighted by molar-refractivity contribution is -0.144. The van der Waals surface area contributed by atoms with Gasteiger partial charge in [0.1, 0.15) is 12.1 Å². The van der Waals surface area contributed by atoms with Gasteiger partial charge < -0.3 is 13.9 Å². The third-order valence-corrected chi connectivity index (χ3v) is 7.06. The Bertz CT molecular complexity index is 1310. The summed E-state index contributed by atoms with van der Waals surface area (Å²) >= 11 is 0. The molecule has 2 unspecified atom stereocenters. The summed E-state index contributed by atoms with van der Waals surface area (Å²) in [5, 5.41) is 0. The number of hydrogen-bond acceptors (Lipinski definition) is 7. The van der Waals surface area contributed by atoms with Gasteiger partial charge in [0.25, 0.3) is 0 Å². The molecule has 0 radical (unpaired) electrons. The van der Waals surface area contributed by atoms with Gasteiger partial charge in [-0.1, -0.05) is 12.1 Å². The van der Waals surface area contributed by atoms with Gasteiger partial charge in [-0.3, -0.25) is 9.36 Å². The Morgan fingerprint density at radius 1 is 1.23 bits per heavy atom. The van der Waals surface area contributed by atoms with E-state index in [0.717, 1.165) is 11.4 Å². The first kappa shape index (κ1) is 21.1. The van der Waals surface area contributed by atoms with E-state index >= 15 is 0 Å². The number of aromatic nitrogens is 1. The zero-order valence-corrected chi connectivity index (χ0v) is 17.5. The van der Waals surface area contributed by atoms with E-state index in [2.05, 4.69) is 0 Å². The summed E-state index contributed by atoms with van der Waals surface area (Å²) < 4.78 is 58.3. The number of aryl methyl sites for hydroxylation is 1. The first-order valence-electron chi connectivity index (χ1n) is 9.33. The minimum Gasteiger partial charge on any atom is -0.486 e. The normalized spacial score (nSPS) is 19.6. The molecule has 2 aromatic carbocycles. The number of para-hydroxylation sites is 1. The second kappa shape index (κ2) is 7.82. The fraction of sp³-hybridized carbons (Fsp3) is 0.300. The Hall–Kier alpha value is -3.18. The maximum Gasteiger partial charge on any atom is 0.419 e. The van der Waals surface area contributed by atoms with Crippen LogP contribution in [0.4, 0.5) is 4.39 Å². The molecule has 1 saturated heterocycles. The molecular formula is C20H19FN2O7S. The van der Waals surface area contributed by atoms with Crippen LogP contribution in [0.3, 0.4) is 0 Å². The zero-order chi connectivity index (χ0) is 22.3. The van der Waals surface area contributed by atoms with Gasteiger partial charge >= 0.3 is 11.7 Å². The van der Waals surface area contributed by atoms with Crippen molar-refractivity contribution in [1.82, 2.24) is 8.87 Å². The number of nitrogens with zero attached hydrogens (tertiary/aromatic N) is 2. The molecule has 0 saturated carbocycles. The van der Waals surface area contributed by atoms with Gasteiger partial charge in [0.15, 0.2) is 17.1 Å². The molecule has 1 aliphatic rings. The van der Waals surface area contributed by atoms with Crippen LogP contribution in [0, 0.1) is 5.82 Å². The summed E-state index contributed by atoms with van der Waals surface area (Å²) in [6.45, 7) is -0.182. The minimum atomic E-state index is -4.18. The molecule has 2 atom stereocenters. The Kier molecular flexibility index (Phi) is 5.31. The molecule has 1 fully saturated rings. The summed E-state index contributed by atoms with van der Waals surface area (Å²) in [7, 11) is -1.56. The number of carbonyl (C=O) groups is 1. The number of benzene rings is 2. The smallest absolute Gasteiger partial charge is 0.419 e. The van der Waals surface area contributed by atoms with Crippen molar-refractivity contribution in [2.45, 2.75) is 23.5 Å². The van der Waals surface area contributed by atoms with Crippen molar-refractivity contribution in [3.8, 4) is 5.75 Å². The zero-order valence-electron chi connectivity index (χ0n) is 16.6. The molecule has 3 aromatic rings. The monoisotopic (exact) mass is 450 g/mol. The van der Waals surface area contributed by atoms with Crippen LogP contribution in [0.2, 0.25) is 0 Å². The Morgan fingerprint density at radius 3 is 2.68 bits per heavy atom. The highest BCUT2D eigenvalue weighted by molar-refractivity contribution is 7.89. The SMILES string of the molecule is COC(=O)C1CC(Oc2ccccc2F)CN1S(=O)(=O)c1ccc2oc(=O)n(C)c2c1. The molecular weight excluding hydrogens is 431 g/mol. The Balaban J connectivity index is 1.69. The highest BCUT2D eigenvalue weighted by atomic mass is 32.2. The molecule has 31 heavy (non-hydrogen) atoms. The van der Waals surface area contributed by atoms with Gasteiger partial charge in [-0.25, -0.2) is 17.6 Å². The average Bonchev–Trinajstić information content (AvgIpc) is 3.30. The number of hydrogen-bond donors (Lipinski definition) is 0. The average molecular weight is 450 g/mol. The standard InChI is InChI=1S/C20H19FN2O7S/c1-22-15-10-13(7-8-18(15)30-20(22)25)31(26,27)23-11-12(9-16(23)19(24)28-2)29-17-6-4-3-5-14(17)21/h3-8,10,12,16H,9,11H2,1-2H3. The van der Waals surface area contributed by atoms with Crippen LogP contribution < -0.4 is 10.5 Å². The van der Waals surface area contributed by atoms with Crippen molar-refractivity contribution in [2.24, 2.45) is 7.05 Å². The van der Waals surface area contributed by atoms with Gasteiger partial charge in [0.05, 0.1) is 24.1 Å². The molecule has 1 aliphatic heterocycles. The Labute approximate surface area is 176 Å². The van der Waals surface area contributed by atoms with E-state index in [9.17, 15) is 22.4 Å². The van der Waals surface area contributed by atoms with E-state index in [-0.39, 0.29) is 29.2 Å². The highest BCUT2D eigenvalue weighted by Gasteiger charge is 2.46. The van der Waals surface area contributed by atoms with Crippen LogP contribution in [0.25, 0.3) is 11.1 Å². The number of ether oxygens (including phenoxy) is 2. The van der Waals surface area contributed by atoms with Crippen LogP contribution in [0.15, 0.2) is 56.6 Å². The molecule has 1 aromatic heterocycles. The number of sulfonamides is 1. The van der Waals surface area contributed by atoms with Crippen LogP contribution in [0.1, 0.15) is 6.42 Å². The molecule has 11 heteroatoms. The topological polar surface area (TPSA) is 108 Å². The number of rotatable bonds is 5. The molecule has 164 valence electrons. The summed E-state index contributed by atoms with van der Waals surface area (Å²) in [6, 6.07) is 8.56. The van der Waals surface area contributed by atoms with Crippen LogP contribution in [0.5, 0.6) is 5.75 Å². The number of methoxy groups -OCH3 is 1. The third-order valence-electron chi connectivity index (χ3n) is 5.19. The van der Waals surface area contributed by atoms with Crippen molar-refractivity contribution in [1.29, 1.82) is 0 Å². The number of esters is 1. The fourth-order valence-corrected chi connectivity index (χ4v) is 5.23. The van der Waals surface area contributed by atoms with E-state index < -0.39 is 39.7 Å². The highest BCUT2D eigenvalue weighted by Crippen LogP contribution is 2.31. The van der Waals surface area contributed by atoms with E-state index in [1.807, 2.05) is 0 Å².